The Bertz CT molecular complexity index is 737. The fourth-order valence-corrected chi connectivity index (χ4v) is 1.73. The number of benzene rings is 2. The van der Waals surface area contributed by atoms with E-state index in [4.69, 9.17) is 14.6 Å². The molecule has 0 unspecified atom stereocenters. The number of hydrogen-bond acceptors (Lipinski definition) is 6. The molecule has 0 spiro atoms. The number of carboxylic acid groups (broad SMARTS) is 1. The molecule has 2 aromatic rings. The molecule has 0 aromatic heterocycles. The van der Waals surface area contributed by atoms with Gasteiger partial charge in [-0.05, 0) is 30.3 Å². The first-order chi connectivity index (χ1) is 10.4. The van der Waals surface area contributed by atoms with E-state index in [1.165, 1.54) is 37.4 Å². The monoisotopic (exact) mass is 304 g/mol. The van der Waals surface area contributed by atoms with E-state index in [2.05, 4.69) is 0 Å². The predicted molar refractivity (Wildman–Crippen MR) is 74.7 cm³/mol. The van der Waals surface area contributed by atoms with Crippen LogP contribution in [0.25, 0.3) is 0 Å². The molecule has 2 rings (SSSR count). The number of phenolic OH excluding ortho intramolecular Hbond substituents is 2. The molecule has 3 N–H and O–H groups in total. The molecule has 7 nitrogen and oxygen atoms in total. The molecule has 0 radical (unpaired) electrons. The average molecular weight is 304 g/mol. The van der Waals surface area contributed by atoms with Crippen molar-refractivity contribution in [1.82, 2.24) is 0 Å². The SMILES string of the molecule is COc1cc(C(=O)O)ccc1OC(=O)c1ccc(O)cc1O. The Morgan fingerprint density at radius 1 is 1.00 bits per heavy atom. The highest BCUT2D eigenvalue weighted by Gasteiger charge is 2.17. The summed E-state index contributed by atoms with van der Waals surface area (Å²) in [6, 6.07) is 7.16. The van der Waals surface area contributed by atoms with E-state index in [1.54, 1.807) is 0 Å². The second-order valence-corrected chi connectivity index (χ2v) is 4.26. The molecular formula is C15H12O7. The van der Waals surface area contributed by atoms with Crippen LogP contribution in [0.3, 0.4) is 0 Å². The number of rotatable bonds is 4. The number of ether oxygens (including phenoxy) is 2. The Morgan fingerprint density at radius 3 is 2.32 bits per heavy atom. The molecule has 0 aliphatic heterocycles. The maximum atomic E-state index is 12.0. The van der Waals surface area contributed by atoms with Crippen LogP contribution in [0.2, 0.25) is 0 Å². The van der Waals surface area contributed by atoms with Gasteiger partial charge in [0.1, 0.15) is 17.1 Å². The largest absolute Gasteiger partial charge is 0.508 e. The minimum absolute atomic E-state index is 0.00461. The Hall–Kier alpha value is -3.22. The lowest BCUT2D eigenvalue weighted by Crippen LogP contribution is -2.10. The lowest BCUT2D eigenvalue weighted by atomic mass is 10.2. The zero-order chi connectivity index (χ0) is 16.3. The average Bonchev–Trinajstić information content (AvgIpc) is 2.47. The lowest BCUT2D eigenvalue weighted by Gasteiger charge is -2.10. The molecule has 0 amide bonds. The molecule has 7 heteroatoms. The number of esters is 1. The molecule has 0 fully saturated rings. The smallest absolute Gasteiger partial charge is 0.347 e. The number of methoxy groups -OCH3 is 1. The minimum Gasteiger partial charge on any atom is -0.508 e. The molecule has 0 atom stereocenters. The van der Waals surface area contributed by atoms with Crippen molar-refractivity contribution in [2.45, 2.75) is 0 Å². The molecule has 2 aromatic carbocycles. The third-order valence-corrected chi connectivity index (χ3v) is 2.81. The first kappa shape index (κ1) is 15.2. The summed E-state index contributed by atoms with van der Waals surface area (Å²) in [5, 5.41) is 27.7. The normalized spacial score (nSPS) is 10.0. The summed E-state index contributed by atoms with van der Waals surface area (Å²) in [6.45, 7) is 0. The number of carbonyl (C=O) groups is 2. The van der Waals surface area contributed by atoms with Crippen LogP contribution in [0.15, 0.2) is 36.4 Å². The highest BCUT2D eigenvalue weighted by Crippen LogP contribution is 2.30. The Labute approximate surface area is 125 Å². The van der Waals surface area contributed by atoms with Crippen molar-refractivity contribution in [2.75, 3.05) is 7.11 Å². The highest BCUT2D eigenvalue weighted by molar-refractivity contribution is 5.94. The summed E-state index contributed by atoms with van der Waals surface area (Å²) in [5.41, 5.74) is -0.175. The van der Waals surface area contributed by atoms with Crippen LogP contribution < -0.4 is 9.47 Å². The molecule has 0 saturated heterocycles. The Kier molecular flexibility index (Phi) is 4.17. The number of phenols is 2. The van der Waals surface area contributed by atoms with Crippen LogP contribution in [-0.4, -0.2) is 34.4 Å². The van der Waals surface area contributed by atoms with Crippen molar-refractivity contribution in [3.63, 3.8) is 0 Å². The zero-order valence-corrected chi connectivity index (χ0v) is 11.4. The number of hydrogen-bond donors (Lipinski definition) is 3. The van der Waals surface area contributed by atoms with Gasteiger partial charge in [0.25, 0.3) is 0 Å². The lowest BCUT2D eigenvalue weighted by molar-refractivity contribution is 0.0696. The number of carbonyl (C=O) groups excluding carboxylic acids is 1. The van der Waals surface area contributed by atoms with E-state index in [9.17, 15) is 19.8 Å². The van der Waals surface area contributed by atoms with Crippen LogP contribution in [0, 0.1) is 0 Å². The van der Waals surface area contributed by atoms with Gasteiger partial charge >= 0.3 is 11.9 Å². The van der Waals surface area contributed by atoms with Gasteiger partial charge in [0, 0.05) is 6.07 Å². The maximum absolute atomic E-state index is 12.0. The summed E-state index contributed by atoms with van der Waals surface area (Å²) < 4.78 is 10.1. The summed E-state index contributed by atoms with van der Waals surface area (Å²) >= 11 is 0. The molecule has 114 valence electrons. The predicted octanol–water partition coefficient (Wildman–Crippen LogP) is 2.02. The number of aromatic hydroxyl groups is 2. The zero-order valence-electron chi connectivity index (χ0n) is 11.4. The van der Waals surface area contributed by atoms with E-state index >= 15 is 0 Å². The molecular weight excluding hydrogens is 292 g/mol. The second-order valence-electron chi connectivity index (χ2n) is 4.26. The molecule has 0 aliphatic rings. The van der Waals surface area contributed by atoms with Crippen molar-refractivity contribution in [2.24, 2.45) is 0 Å². The van der Waals surface area contributed by atoms with Crippen LogP contribution in [0.5, 0.6) is 23.0 Å². The third-order valence-electron chi connectivity index (χ3n) is 2.81. The van der Waals surface area contributed by atoms with Crippen LogP contribution >= 0.6 is 0 Å². The van der Waals surface area contributed by atoms with Gasteiger partial charge < -0.3 is 24.8 Å². The quantitative estimate of drug-likeness (QED) is 0.585. The van der Waals surface area contributed by atoms with Crippen LogP contribution in [0.4, 0.5) is 0 Å². The number of carboxylic acids is 1. The van der Waals surface area contributed by atoms with Gasteiger partial charge in [-0.2, -0.15) is 0 Å². The van der Waals surface area contributed by atoms with E-state index in [1.807, 2.05) is 0 Å². The van der Waals surface area contributed by atoms with Crippen molar-refractivity contribution in [1.29, 1.82) is 0 Å². The minimum atomic E-state index is -1.15. The van der Waals surface area contributed by atoms with Crippen molar-refractivity contribution in [3.8, 4) is 23.0 Å². The van der Waals surface area contributed by atoms with E-state index in [0.29, 0.717) is 0 Å². The summed E-state index contributed by atoms with van der Waals surface area (Å²) in [5.74, 6) is -2.59. The van der Waals surface area contributed by atoms with Gasteiger partial charge in [-0.15, -0.1) is 0 Å². The van der Waals surface area contributed by atoms with E-state index < -0.39 is 17.7 Å². The summed E-state index contributed by atoms with van der Waals surface area (Å²) in [6.07, 6.45) is 0. The first-order valence-electron chi connectivity index (χ1n) is 6.08. The standard InChI is InChI=1S/C15H12O7/c1-21-13-6-8(14(18)19)2-5-12(13)22-15(20)10-4-3-9(16)7-11(10)17/h2-7,16-17H,1H3,(H,18,19). The van der Waals surface area contributed by atoms with E-state index in [-0.39, 0.29) is 28.4 Å². The Balaban J connectivity index is 2.30. The number of aromatic carboxylic acids is 1. The van der Waals surface area contributed by atoms with Crippen molar-refractivity contribution >= 4 is 11.9 Å². The molecule has 22 heavy (non-hydrogen) atoms. The highest BCUT2D eigenvalue weighted by atomic mass is 16.6. The van der Waals surface area contributed by atoms with Gasteiger partial charge in [0.05, 0.1) is 12.7 Å². The van der Waals surface area contributed by atoms with Gasteiger partial charge in [-0.3, -0.25) is 0 Å². The maximum Gasteiger partial charge on any atom is 0.347 e. The molecule has 0 saturated carbocycles. The molecule has 0 aliphatic carbocycles. The van der Waals surface area contributed by atoms with Gasteiger partial charge in [0.2, 0.25) is 0 Å². The van der Waals surface area contributed by atoms with E-state index in [0.717, 1.165) is 6.07 Å². The summed E-state index contributed by atoms with van der Waals surface area (Å²) in [4.78, 5) is 22.9. The van der Waals surface area contributed by atoms with Gasteiger partial charge in [-0.25, -0.2) is 9.59 Å². The molecule has 0 bridgehead atoms. The third kappa shape index (κ3) is 3.09. The van der Waals surface area contributed by atoms with Crippen molar-refractivity contribution < 1.29 is 34.4 Å². The fraction of sp³-hybridized carbons (Fsp3) is 0.0667. The van der Waals surface area contributed by atoms with Gasteiger partial charge in [-0.1, -0.05) is 0 Å². The van der Waals surface area contributed by atoms with Crippen LogP contribution in [-0.2, 0) is 0 Å². The summed E-state index contributed by atoms with van der Waals surface area (Å²) in [7, 11) is 1.30. The van der Waals surface area contributed by atoms with Crippen molar-refractivity contribution in [3.05, 3.63) is 47.5 Å². The molecule has 0 heterocycles. The fourth-order valence-electron chi connectivity index (χ4n) is 1.73. The first-order valence-corrected chi connectivity index (χ1v) is 6.08. The second kappa shape index (κ2) is 6.04. The topological polar surface area (TPSA) is 113 Å². The van der Waals surface area contributed by atoms with Gasteiger partial charge in [0.15, 0.2) is 11.5 Å². The Morgan fingerprint density at radius 2 is 1.73 bits per heavy atom. The van der Waals surface area contributed by atoms with Crippen LogP contribution in [0.1, 0.15) is 20.7 Å².